The Labute approximate surface area is 80.3 Å². The third-order valence-electron chi connectivity index (χ3n) is 1.81. The summed E-state index contributed by atoms with van der Waals surface area (Å²) in [5, 5.41) is 8.52. The molecule has 76 valence electrons. The van der Waals surface area contributed by atoms with Gasteiger partial charge in [0, 0.05) is 13.2 Å². The number of hydrogen-bond acceptors (Lipinski definition) is 3. The van der Waals surface area contributed by atoms with Gasteiger partial charge in [-0.25, -0.2) is 4.79 Å². The molecule has 6 heteroatoms. The van der Waals surface area contributed by atoms with Crippen LogP contribution >= 0.6 is 0 Å². The predicted molar refractivity (Wildman–Crippen MR) is 49.8 cm³/mol. The minimum absolute atomic E-state index is 0.506. The lowest BCUT2D eigenvalue weighted by atomic mass is 10.3. The molecule has 1 aromatic rings. The molecule has 1 atom stereocenters. The van der Waals surface area contributed by atoms with Crippen LogP contribution in [0.3, 0.4) is 0 Å². The van der Waals surface area contributed by atoms with Gasteiger partial charge in [-0.15, -0.1) is 0 Å². The van der Waals surface area contributed by atoms with E-state index in [1.54, 1.807) is 18.3 Å². The molecule has 1 aromatic heterocycles. The van der Waals surface area contributed by atoms with Crippen molar-refractivity contribution >= 4 is 17.7 Å². The minimum Gasteiger partial charge on any atom is -0.480 e. The third-order valence-corrected chi connectivity index (χ3v) is 1.81. The van der Waals surface area contributed by atoms with Crippen LogP contribution in [0.1, 0.15) is 0 Å². The fourth-order valence-corrected chi connectivity index (χ4v) is 0.962. The molecule has 0 aromatic carbocycles. The molecule has 1 unspecified atom stereocenters. The van der Waals surface area contributed by atoms with Crippen molar-refractivity contribution in [1.29, 1.82) is 0 Å². The maximum Gasteiger partial charge on any atom is 0.330 e. The van der Waals surface area contributed by atoms with E-state index in [-0.39, 0.29) is 0 Å². The van der Waals surface area contributed by atoms with Crippen LogP contribution in [0.25, 0.3) is 0 Å². The molecule has 14 heavy (non-hydrogen) atoms. The van der Waals surface area contributed by atoms with Crippen LogP contribution in [0.4, 0.5) is 5.82 Å². The van der Waals surface area contributed by atoms with E-state index in [0.29, 0.717) is 5.82 Å². The maximum absolute atomic E-state index is 11.4. The van der Waals surface area contributed by atoms with Crippen molar-refractivity contribution in [2.45, 2.75) is 6.04 Å². The SMILES string of the molecule is CN(C(=O)C(N)C(=O)O)c1ccc[nH]1. The Bertz CT molecular complexity index is 334. The number of carbonyl (C=O) groups excluding carboxylic acids is 1. The Morgan fingerprint density at radius 3 is 2.71 bits per heavy atom. The lowest BCUT2D eigenvalue weighted by molar-refractivity contribution is -0.142. The number of carboxylic acid groups (broad SMARTS) is 1. The molecular weight excluding hydrogens is 186 g/mol. The number of hydrogen-bond donors (Lipinski definition) is 3. The standard InChI is InChI=1S/C8H11N3O3/c1-11(5-3-2-4-10-5)7(12)6(9)8(13)14/h2-4,6,10H,9H2,1H3,(H,13,14). The number of nitrogens with one attached hydrogen (secondary N) is 1. The van der Waals surface area contributed by atoms with Gasteiger partial charge in [-0.3, -0.25) is 9.69 Å². The van der Waals surface area contributed by atoms with Gasteiger partial charge in [0.05, 0.1) is 0 Å². The monoisotopic (exact) mass is 197 g/mol. The molecule has 0 saturated carbocycles. The fourth-order valence-electron chi connectivity index (χ4n) is 0.962. The Kier molecular flexibility index (Phi) is 2.88. The van der Waals surface area contributed by atoms with Crippen molar-refractivity contribution in [2.75, 3.05) is 11.9 Å². The third kappa shape index (κ3) is 1.91. The van der Waals surface area contributed by atoms with E-state index in [1.165, 1.54) is 11.9 Å². The molecule has 0 bridgehead atoms. The van der Waals surface area contributed by atoms with Gasteiger partial charge in [0.2, 0.25) is 0 Å². The number of anilines is 1. The van der Waals surface area contributed by atoms with Gasteiger partial charge in [0.1, 0.15) is 5.82 Å². The number of nitrogens with zero attached hydrogens (tertiary/aromatic N) is 1. The summed E-state index contributed by atoms with van der Waals surface area (Å²) in [4.78, 5) is 25.7. The van der Waals surface area contributed by atoms with E-state index < -0.39 is 17.9 Å². The van der Waals surface area contributed by atoms with E-state index in [4.69, 9.17) is 10.8 Å². The molecular formula is C8H11N3O3. The summed E-state index contributed by atoms with van der Waals surface area (Å²) < 4.78 is 0. The van der Waals surface area contributed by atoms with Gasteiger partial charge in [-0.2, -0.15) is 0 Å². The number of aromatic nitrogens is 1. The summed E-state index contributed by atoms with van der Waals surface area (Å²) in [6.45, 7) is 0. The zero-order chi connectivity index (χ0) is 10.7. The molecule has 0 spiro atoms. The van der Waals surface area contributed by atoms with Crippen LogP contribution in [0.5, 0.6) is 0 Å². The minimum atomic E-state index is -1.52. The summed E-state index contributed by atoms with van der Waals surface area (Å²) in [5.41, 5.74) is 5.16. The lowest BCUT2D eigenvalue weighted by Gasteiger charge is -2.17. The van der Waals surface area contributed by atoms with Crippen molar-refractivity contribution in [3.05, 3.63) is 18.3 Å². The van der Waals surface area contributed by atoms with Crippen LogP contribution in [0.15, 0.2) is 18.3 Å². The fraction of sp³-hybridized carbons (Fsp3) is 0.250. The van der Waals surface area contributed by atoms with Crippen molar-refractivity contribution in [3.8, 4) is 0 Å². The summed E-state index contributed by atoms with van der Waals surface area (Å²) in [6, 6.07) is 1.82. The lowest BCUT2D eigenvalue weighted by Crippen LogP contribution is -2.47. The molecule has 0 aliphatic rings. The number of carboxylic acids is 1. The van der Waals surface area contributed by atoms with E-state index in [9.17, 15) is 9.59 Å². The summed E-state index contributed by atoms with van der Waals surface area (Å²) >= 11 is 0. The molecule has 0 radical (unpaired) electrons. The summed E-state index contributed by atoms with van der Waals surface area (Å²) in [7, 11) is 1.46. The number of carbonyl (C=O) groups is 2. The molecule has 4 N–H and O–H groups in total. The van der Waals surface area contributed by atoms with Crippen molar-refractivity contribution in [1.82, 2.24) is 4.98 Å². The van der Waals surface area contributed by atoms with Crippen molar-refractivity contribution < 1.29 is 14.7 Å². The average Bonchev–Trinajstić information content (AvgIpc) is 2.67. The predicted octanol–water partition coefficient (Wildman–Crippen LogP) is -0.611. The molecule has 0 fully saturated rings. The number of likely N-dealkylation sites (N-methyl/N-ethyl adjacent to an activating group) is 1. The smallest absolute Gasteiger partial charge is 0.330 e. The van der Waals surface area contributed by atoms with Gasteiger partial charge >= 0.3 is 5.97 Å². The average molecular weight is 197 g/mol. The normalized spacial score (nSPS) is 12.1. The number of nitrogens with two attached hydrogens (primary N) is 1. The maximum atomic E-state index is 11.4. The first-order chi connectivity index (χ1) is 6.54. The number of amides is 1. The Morgan fingerprint density at radius 2 is 2.29 bits per heavy atom. The molecule has 1 rings (SSSR count). The zero-order valence-electron chi connectivity index (χ0n) is 7.60. The quantitative estimate of drug-likeness (QED) is 0.563. The second kappa shape index (κ2) is 3.93. The van der Waals surface area contributed by atoms with E-state index in [1.807, 2.05) is 0 Å². The number of aliphatic carboxylic acids is 1. The molecule has 6 nitrogen and oxygen atoms in total. The van der Waals surface area contributed by atoms with E-state index in [0.717, 1.165) is 0 Å². The molecule has 0 saturated heterocycles. The molecule has 0 aliphatic carbocycles. The first-order valence-electron chi connectivity index (χ1n) is 3.93. The Balaban J connectivity index is 2.76. The highest BCUT2D eigenvalue weighted by Crippen LogP contribution is 2.08. The highest BCUT2D eigenvalue weighted by Gasteiger charge is 2.25. The first kappa shape index (κ1) is 10.3. The van der Waals surface area contributed by atoms with Crippen molar-refractivity contribution in [2.24, 2.45) is 5.73 Å². The molecule has 1 amide bonds. The first-order valence-corrected chi connectivity index (χ1v) is 3.93. The summed E-state index contributed by atoms with van der Waals surface area (Å²) in [6.07, 6.45) is 1.63. The van der Waals surface area contributed by atoms with Crippen LogP contribution in [-0.2, 0) is 9.59 Å². The van der Waals surface area contributed by atoms with Crippen LogP contribution in [0, 0.1) is 0 Å². The highest BCUT2D eigenvalue weighted by molar-refractivity contribution is 6.08. The van der Waals surface area contributed by atoms with Gasteiger partial charge in [0.15, 0.2) is 6.04 Å². The Morgan fingerprint density at radius 1 is 1.64 bits per heavy atom. The van der Waals surface area contributed by atoms with Crippen LogP contribution in [0.2, 0.25) is 0 Å². The second-order valence-electron chi connectivity index (χ2n) is 2.77. The largest absolute Gasteiger partial charge is 0.480 e. The van der Waals surface area contributed by atoms with Crippen LogP contribution in [-0.4, -0.2) is 35.1 Å². The van der Waals surface area contributed by atoms with Crippen molar-refractivity contribution in [3.63, 3.8) is 0 Å². The second-order valence-corrected chi connectivity index (χ2v) is 2.77. The zero-order valence-corrected chi connectivity index (χ0v) is 7.60. The van der Waals surface area contributed by atoms with E-state index in [2.05, 4.69) is 4.98 Å². The van der Waals surface area contributed by atoms with Gasteiger partial charge in [0.25, 0.3) is 5.91 Å². The number of H-pyrrole nitrogens is 1. The highest BCUT2D eigenvalue weighted by atomic mass is 16.4. The number of aromatic amines is 1. The van der Waals surface area contributed by atoms with Gasteiger partial charge in [-0.05, 0) is 12.1 Å². The Hall–Kier alpha value is -1.82. The van der Waals surface area contributed by atoms with E-state index >= 15 is 0 Å². The van der Waals surface area contributed by atoms with Crippen LogP contribution < -0.4 is 10.6 Å². The molecule has 0 aliphatic heterocycles. The summed E-state index contributed by atoms with van der Waals surface area (Å²) in [5.74, 6) is -1.50. The molecule has 1 heterocycles. The van der Waals surface area contributed by atoms with Gasteiger partial charge < -0.3 is 15.8 Å². The van der Waals surface area contributed by atoms with Gasteiger partial charge in [-0.1, -0.05) is 0 Å². The topological polar surface area (TPSA) is 99.4 Å². The number of rotatable bonds is 3.